The Morgan fingerprint density at radius 2 is 1.75 bits per heavy atom. The van der Waals surface area contributed by atoms with Crippen LogP contribution >= 0.6 is 0 Å². The highest BCUT2D eigenvalue weighted by Crippen LogP contribution is 2.28. The Hall–Kier alpha value is -3.55. The highest BCUT2D eigenvalue weighted by atomic mass is 16.5. The molecule has 3 N–H and O–H groups in total. The molecular weight excluding hydrogens is 364 g/mol. The van der Waals surface area contributed by atoms with Gasteiger partial charge in [-0.15, -0.1) is 0 Å². The lowest BCUT2D eigenvalue weighted by Gasteiger charge is -2.12. The second kappa shape index (κ2) is 10.6. The van der Waals surface area contributed by atoms with Gasteiger partial charge in [-0.2, -0.15) is 0 Å². The van der Waals surface area contributed by atoms with Crippen molar-refractivity contribution in [3.8, 4) is 11.5 Å². The Bertz CT molecular complexity index is 823. The number of hydrogen-bond donors (Lipinski definition) is 3. The third kappa shape index (κ3) is 6.64. The maximum Gasteiger partial charge on any atom is 0.341 e. The molecule has 8 heteroatoms. The van der Waals surface area contributed by atoms with Crippen LogP contribution in [-0.2, 0) is 9.59 Å². The number of para-hydroxylation sites is 1. The molecule has 0 aliphatic carbocycles. The number of carbonyl (C=O) groups excluding carboxylic acids is 2. The minimum atomic E-state index is -1.11. The summed E-state index contributed by atoms with van der Waals surface area (Å²) in [6.07, 6.45) is 0.124. The number of amides is 2. The van der Waals surface area contributed by atoms with Gasteiger partial charge in [0.25, 0.3) is 5.91 Å². The summed E-state index contributed by atoms with van der Waals surface area (Å²) in [5.41, 5.74) is 1.01. The zero-order chi connectivity index (χ0) is 20.4. The Morgan fingerprint density at radius 1 is 1.00 bits per heavy atom. The third-order valence-corrected chi connectivity index (χ3v) is 3.55. The fourth-order valence-electron chi connectivity index (χ4n) is 2.31. The second-order valence-corrected chi connectivity index (χ2v) is 5.70. The van der Waals surface area contributed by atoms with E-state index >= 15 is 0 Å². The summed E-state index contributed by atoms with van der Waals surface area (Å²) < 4.78 is 10.6. The second-order valence-electron chi connectivity index (χ2n) is 5.70. The Balaban J connectivity index is 1.89. The molecule has 0 bridgehead atoms. The Kier molecular flexibility index (Phi) is 7.83. The summed E-state index contributed by atoms with van der Waals surface area (Å²) in [7, 11) is 0. The first-order valence-electron chi connectivity index (χ1n) is 8.74. The van der Waals surface area contributed by atoms with Crippen molar-refractivity contribution >= 4 is 23.5 Å². The molecule has 0 unspecified atom stereocenters. The molecule has 8 nitrogen and oxygen atoms in total. The Labute approximate surface area is 162 Å². The van der Waals surface area contributed by atoms with E-state index in [9.17, 15) is 14.4 Å². The molecule has 0 aromatic heterocycles. The first-order chi connectivity index (χ1) is 13.5. The van der Waals surface area contributed by atoms with Gasteiger partial charge < -0.3 is 25.2 Å². The van der Waals surface area contributed by atoms with Crippen molar-refractivity contribution < 1.29 is 29.0 Å². The molecule has 0 heterocycles. The third-order valence-electron chi connectivity index (χ3n) is 3.55. The van der Waals surface area contributed by atoms with E-state index in [0.717, 1.165) is 0 Å². The van der Waals surface area contributed by atoms with E-state index in [-0.39, 0.29) is 36.3 Å². The van der Waals surface area contributed by atoms with E-state index in [4.69, 9.17) is 14.6 Å². The molecule has 2 aromatic carbocycles. The zero-order valence-corrected chi connectivity index (χ0v) is 15.4. The van der Waals surface area contributed by atoms with E-state index in [1.165, 1.54) is 18.2 Å². The molecule has 0 aliphatic heterocycles. The lowest BCUT2D eigenvalue weighted by molar-refractivity contribution is -0.139. The fraction of sp³-hybridized carbons (Fsp3) is 0.250. The number of carbonyl (C=O) groups is 3. The van der Waals surface area contributed by atoms with Gasteiger partial charge in [0.15, 0.2) is 18.1 Å². The SMILES string of the molecule is CCOc1cc(C(=O)NCCC(=O)Nc2ccccc2)ccc1OCC(=O)O. The predicted molar refractivity (Wildman–Crippen MR) is 103 cm³/mol. The Morgan fingerprint density at radius 3 is 2.43 bits per heavy atom. The molecule has 0 spiro atoms. The van der Waals surface area contributed by atoms with Crippen molar-refractivity contribution in [1.29, 1.82) is 0 Å². The van der Waals surface area contributed by atoms with Crippen LogP contribution in [0.1, 0.15) is 23.7 Å². The van der Waals surface area contributed by atoms with Gasteiger partial charge in [-0.05, 0) is 37.3 Å². The molecule has 0 saturated heterocycles. The largest absolute Gasteiger partial charge is 0.490 e. The molecule has 0 atom stereocenters. The van der Waals surface area contributed by atoms with Crippen LogP contribution in [0.25, 0.3) is 0 Å². The summed E-state index contributed by atoms with van der Waals surface area (Å²) in [5, 5.41) is 14.1. The summed E-state index contributed by atoms with van der Waals surface area (Å²) in [6.45, 7) is 1.74. The van der Waals surface area contributed by atoms with Crippen LogP contribution < -0.4 is 20.1 Å². The summed E-state index contributed by atoms with van der Waals surface area (Å²) in [6, 6.07) is 13.5. The number of ether oxygens (including phenoxy) is 2. The molecular formula is C20H22N2O6. The van der Waals surface area contributed by atoms with Gasteiger partial charge in [0, 0.05) is 24.2 Å². The van der Waals surface area contributed by atoms with Crippen LogP contribution in [0.2, 0.25) is 0 Å². The van der Waals surface area contributed by atoms with Gasteiger partial charge >= 0.3 is 5.97 Å². The van der Waals surface area contributed by atoms with Gasteiger partial charge in [0.05, 0.1) is 6.61 Å². The van der Waals surface area contributed by atoms with Gasteiger partial charge in [0.1, 0.15) is 0 Å². The number of aliphatic carboxylic acids is 1. The van der Waals surface area contributed by atoms with Crippen LogP contribution in [0.15, 0.2) is 48.5 Å². The van der Waals surface area contributed by atoms with E-state index in [1.807, 2.05) is 18.2 Å². The normalized spacial score (nSPS) is 10.0. The maximum absolute atomic E-state index is 12.3. The first-order valence-corrected chi connectivity index (χ1v) is 8.74. The quantitative estimate of drug-likeness (QED) is 0.577. The lowest BCUT2D eigenvalue weighted by atomic mass is 10.2. The number of hydrogen-bond acceptors (Lipinski definition) is 5. The van der Waals surface area contributed by atoms with Crippen molar-refractivity contribution in [3.05, 3.63) is 54.1 Å². The van der Waals surface area contributed by atoms with Crippen molar-refractivity contribution in [2.24, 2.45) is 0 Å². The number of carboxylic acid groups (broad SMARTS) is 1. The van der Waals surface area contributed by atoms with Crippen molar-refractivity contribution in [3.63, 3.8) is 0 Å². The molecule has 148 valence electrons. The van der Waals surface area contributed by atoms with Crippen molar-refractivity contribution in [2.45, 2.75) is 13.3 Å². The van der Waals surface area contributed by atoms with Gasteiger partial charge in [-0.25, -0.2) is 4.79 Å². The van der Waals surface area contributed by atoms with Crippen molar-refractivity contribution in [1.82, 2.24) is 5.32 Å². The van der Waals surface area contributed by atoms with E-state index in [1.54, 1.807) is 19.1 Å². The number of benzene rings is 2. The summed E-state index contributed by atoms with van der Waals surface area (Å²) in [4.78, 5) is 34.8. The predicted octanol–water partition coefficient (Wildman–Crippen LogP) is 2.31. The van der Waals surface area contributed by atoms with E-state index in [0.29, 0.717) is 17.9 Å². The van der Waals surface area contributed by atoms with Crippen LogP contribution in [0.4, 0.5) is 5.69 Å². The molecule has 0 fully saturated rings. The molecule has 0 radical (unpaired) electrons. The molecule has 2 amide bonds. The number of nitrogens with one attached hydrogen (secondary N) is 2. The minimum Gasteiger partial charge on any atom is -0.490 e. The van der Waals surface area contributed by atoms with E-state index < -0.39 is 12.6 Å². The smallest absolute Gasteiger partial charge is 0.341 e. The van der Waals surface area contributed by atoms with Crippen LogP contribution in [0.5, 0.6) is 11.5 Å². The first kappa shape index (κ1) is 20.8. The average Bonchev–Trinajstić information content (AvgIpc) is 2.67. The number of rotatable bonds is 10. The maximum atomic E-state index is 12.3. The van der Waals surface area contributed by atoms with Crippen LogP contribution in [-0.4, -0.2) is 42.6 Å². The monoisotopic (exact) mass is 386 g/mol. The molecule has 0 aliphatic rings. The number of carboxylic acids is 1. The minimum absolute atomic E-state index is 0.124. The lowest BCUT2D eigenvalue weighted by Crippen LogP contribution is -2.27. The number of anilines is 1. The van der Waals surface area contributed by atoms with Crippen molar-refractivity contribution in [2.75, 3.05) is 25.1 Å². The topological polar surface area (TPSA) is 114 Å². The highest BCUT2D eigenvalue weighted by molar-refractivity contribution is 5.95. The standard InChI is InChI=1S/C20H22N2O6/c1-2-27-17-12-14(8-9-16(17)28-13-19(24)25)20(26)21-11-10-18(23)22-15-6-4-3-5-7-15/h3-9,12H,2,10-11,13H2,1H3,(H,21,26)(H,22,23)(H,24,25). The van der Waals surface area contributed by atoms with Crippen LogP contribution in [0, 0.1) is 0 Å². The summed E-state index contributed by atoms with van der Waals surface area (Å²) in [5.74, 6) is -1.18. The van der Waals surface area contributed by atoms with E-state index in [2.05, 4.69) is 10.6 Å². The molecule has 2 rings (SSSR count). The molecule has 28 heavy (non-hydrogen) atoms. The highest BCUT2D eigenvalue weighted by Gasteiger charge is 2.13. The van der Waals surface area contributed by atoms with Gasteiger partial charge in [-0.1, -0.05) is 18.2 Å². The van der Waals surface area contributed by atoms with Gasteiger partial charge in [0.2, 0.25) is 5.91 Å². The average molecular weight is 386 g/mol. The zero-order valence-electron chi connectivity index (χ0n) is 15.4. The molecule has 2 aromatic rings. The summed E-state index contributed by atoms with van der Waals surface area (Å²) >= 11 is 0. The fourth-order valence-corrected chi connectivity index (χ4v) is 2.31. The molecule has 0 saturated carbocycles. The van der Waals surface area contributed by atoms with Crippen LogP contribution in [0.3, 0.4) is 0 Å². The van der Waals surface area contributed by atoms with Gasteiger partial charge in [-0.3, -0.25) is 9.59 Å².